The maximum atomic E-state index is 5.67. The van der Waals surface area contributed by atoms with Gasteiger partial charge in [0, 0.05) is 12.4 Å². The second-order valence-corrected chi connectivity index (χ2v) is 5.07. The van der Waals surface area contributed by atoms with Gasteiger partial charge in [0.15, 0.2) is 0 Å². The summed E-state index contributed by atoms with van der Waals surface area (Å²) in [5.41, 5.74) is 6.07. The van der Waals surface area contributed by atoms with Crippen LogP contribution in [0.15, 0.2) is 42.9 Å². The van der Waals surface area contributed by atoms with Crippen molar-refractivity contribution in [2.75, 3.05) is 0 Å². The molecule has 0 fully saturated rings. The molecule has 19 heavy (non-hydrogen) atoms. The Balaban J connectivity index is 2.28. The number of nitrogens with two attached hydrogens (primary N) is 1. The number of rotatable bonds is 5. The SMILES string of the molecule is CC(C)Cc1cccc(C(NN)c2cnccn2)c1. The first-order valence-corrected chi connectivity index (χ1v) is 6.51. The van der Waals surface area contributed by atoms with Crippen molar-refractivity contribution < 1.29 is 0 Å². The van der Waals surface area contributed by atoms with Crippen LogP contribution in [0.25, 0.3) is 0 Å². The van der Waals surface area contributed by atoms with Crippen LogP contribution in [0.4, 0.5) is 0 Å². The molecule has 2 rings (SSSR count). The number of benzene rings is 1. The lowest BCUT2D eigenvalue weighted by molar-refractivity contribution is 0.613. The first-order chi connectivity index (χ1) is 9.20. The molecule has 100 valence electrons. The molecule has 0 radical (unpaired) electrons. The van der Waals surface area contributed by atoms with Crippen molar-refractivity contribution in [3.8, 4) is 0 Å². The smallest absolute Gasteiger partial charge is 0.0897 e. The molecule has 0 saturated carbocycles. The second kappa shape index (κ2) is 6.41. The summed E-state index contributed by atoms with van der Waals surface area (Å²) in [6.07, 6.45) is 6.13. The summed E-state index contributed by atoms with van der Waals surface area (Å²) in [7, 11) is 0. The Kier molecular flexibility index (Phi) is 4.60. The van der Waals surface area contributed by atoms with Gasteiger partial charge in [0.2, 0.25) is 0 Å². The number of hydrogen-bond donors (Lipinski definition) is 2. The summed E-state index contributed by atoms with van der Waals surface area (Å²) in [5.74, 6) is 6.31. The quantitative estimate of drug-likeness (QED) is 0.636. The molecule has 1 unspecified atom stereocenters. The topological polar surface area (TPSA) is 63.8 Å². The Bertz CT molecular complexity index is 511. The summed E-state index contributed by atoms with van der Waals surface area (Å²) >= 11 is 0. The molecule has 1 heterocycles. The molecule has 2 aromatic rings. The van der Waals surface area contributed by atoms with E-state index in [4.69, 9.17) is 5.84 Å². The van der Waals surface area contributed by atoms with Gasteiger partial charge in [-0.15, -0.1) is 0 Å². The molecule has 0 aliphatic heterocycles. The fraction of sp³-hybridized carbons (Fsp3) is 0.333. The Hall–Kier alpha value is -1.78. The third-order valence-electron chi connectivity index (χ3n) is 2.97. The molecule has 0 spiro atoms. The minimum absolute atomic E-state index is 0.124. The van der Waals surface area contributed by atoms with Gasteiger partial charge in [-0.2, -0.15) is 0 Å². The molecule has 0 saturated heterocycles. The highest BCUT2D eigenvalue weighted by molar-refractivity contribution is 5.30. The van der Waals surface area contributed by atoms with E-state index in [1.807, 2.05) is 0 Å². The van der Waals surface area contributed by atoms with Crippen molar-refractivity contribution in [1.29, 1.82) is 0 Å². The summed E-state index contributed by atoms with van der Waals surface area (Å²) < 4.78 is 0. The Morgan fingerprint density at radius 1 is 1.26 bits per heavy atom. The van der Waals surface area contributed by atoms with E-state index in [0.29, 0.717) is 5.92 Å². The van der Waals surface area contributed by atoms with Crippen molar-refractivity contribution in [2.24, 2.45) is 11.8 Å². The maximum absolute atomic E-state index is 5.67. The van der Waals surface area contributed by atoms with Crippen molar-refractivity contribution in [3.05, 3.63) is 59.7 Å². The van der Waals surface area contributed by atoms with Crippen LogP contribution in [0.1, 0.15) is 36.7 Å². The van der Waals surface area contributed by atoms with Crippen LogP contribution in [0.2, 0.25) is 0 Å². The van der Waals surface area contributed by atoms with Gasteiger partial charge in [0.1, 0.15) is 0 Å². The second-order valence-electron chi connectivity index (χ2n) is 5.07. The van der Waals surface area contributed by atoms with Crippen LogP contribution >= 0.6 is 0 Å². The van der Waals surface area contributed by atoms with Crippen molar-refractivity contribution >= 4 is 0 Å². The Morgan fingerprint density at radius 2 is 2.11 bits per heavy atom. The highest BCUT2D eigenvalue weighted by Gasteiger charge is 2.14. The third kappa shape index (κ3) is 3.59. The Morgan fingerprint density at radius 3 is 2.74 bits per heavy atom. The van der Waals surface area contributed by atoms with Gasteiger partial charge in [-0.25, -0.2) is 5.43 Å². The zero-order valence-corrected chi connectivity index (χ0v) is 11.4. The third-order valence-corrected chi connectivity index (χ3v) is 2.97. The molecule has 0 bridgehead atoms. The van der Waals surface area contributed by atoms with Crippen molar-refractivity contribution in [1.82, 2.24) is 15.4 Å². The average molecular weight is 256 g/mol. The number of aromatic nitrogens is 2. The number of nitrogens with zero attached hydrogens (tertiary/aromatic N) is 2. The molecular formula is C15H20N4. The highest BCUT2D eigenvalue weighted by atomic mass is 15.2. The van der Waals surface area contributed by atoms with Gasteiger partial charge >= 0.3 is 0 Å². The highest BCUT2D eigenvalue weighted by Crippen LogP contribution is 2.21. The molecular weight excluding hydrogens is 236 g/mol. The van der Waals surface area contributed by atoms with E-state index in [1.54, 1.807) is 18.6 Å². The van der Waals surface area contributed by atoms with E-state index in [0.717, 1.165) is 17.7 Å². The van der Waals surface area contributed by atoms with E-state index < -0.39 is 0 Å². The molecule has 1 aromatic carbocycles. The Labute approximate surface area is 114 Å². The average Bonchev–Trinajstić information content (AvgIpc) is 2.40. The minimum Gasteiger partial charge on any atom is -0.271 e. The van der Waals surface area contributed by atoms with Crippen LogP contribution in [0.3, 0.4) is 0 Å². The monoisotopic (exact) mass is 256 g/mol. The van der Waals surface area contributed by atoms with E-state index in [1.165, 1.54) is 5.56 Å². The predicted octanol–water partition coefficient (Wildman–Crippen LogP) is 2.23. The molecule has 4 nitrogen and oxygen atoms in total. The van der Waals surface area contributed by atoms with Gasteiger partial charge in [0.25, 0.3) is 0 Å². The summed E-state index contributed by atoms with van der Waals surface area (Å²) in [6.45, 7) is 4.43. The van der Waals surface area contributed by atoms with Gasteiger partial charge in [-0.05, 0) is 23.5 Å². The lowest BCUT2D eigenvalue weighted by atomic mass is 9.97. The molecule has 3 N–H and O–H groups in total. The lowest BCUT2D eigenvalue weighted by Crippen LogP contribution is -2.29. The summed E-state index contributed by atoms with van der Waals surface area (Å²) in [5, 5.41) is 0. The first-order valence-electron chi connectivity index (χ1n) is 6.51. The normalized spacial score (nSPS) is 12.6. The first kappa shape index (κ1) is 13.6. The fourth-order valence-electron chi connectivity index (χ4n) is 2.18. The van der Waals surface area contributed by atoms with Crippen LogP contribution in [-0.4, -0.2) is 9.97 Å². The van der Waals surface area contributed by atoms with Crippen LogP contribution < -0.4 is 11.3 Å². The number of hydrogen-bond acceptors (Lipinski definition) is 4. The van der Waals surface area contributed by atoms with Gasteiger partial charge in [-0.3, -0.25) is 15.8 Å². The van der Waals surface area contributed by atoms with E-state index >= 15 is 0 Å². The molecule has 1 aromatic heterocycles. The van der Waals surface area contributed by atoms with Crippen molar-refractivity contribution in [3.63, 3.8) is 0 Å². The number of nitrogens with one attached hydrogen (secondary N) is 1. The molecule has 0 aliphatic rings. The summed E-state index contributed by atoms with van der Waals surface area (Å²) in [4.78, 5) is 8.40. The zero-order chi connectivity index (χ0) is 13.7. The minimum atomic E-state index is -0.124. The maximum Gasteiger partial charge on any atom is 0.0897 e. The van der Waals surface area contributed by atoms with Crippen LogP contribution in [0, 0.1) is 5.92 Å². The van der Waals surface area contributed by atoms with Gasteiger partial charge in [0.05, 0.1) is 17.9 Å². The van der Waals surface area contributed by atoms with Crippen LogP contribution in [0.5, 0.6) is 0 Å². The van der Waals surface area contributed by atoms with E-state index in [9.17, 15) is 0 Å². The fourth-order valence-corrected chi connectivity index (χ4v) is 2.18. The van der Waals surface area contributed by atoms with Gasteiger partial charge in [-0.1, -0.05) is 38.1 Å². The molecule has 0 amide bonds. The molecule has 1 atom stereocenters. The van der Waals surface area contributed by atoms with Gasteiger partial charge < -0.3 is 0 Å². The molecule has 0 aliphatic carbocycles. The zero-order valence-electron chi connectivity index (χ0n) is 11.4. The lowest BCUT2D eigenvalue weighted by Gasteiger charge is -2.16. The molecule has 4 heteroatoms. The standard InChI is InChI=1S/C15H20N4/c1-11(2)8-12-4-3-5-13(9-12)15(19-16)14-10-17-6-7-18-14/h3-7,9-11,15,19H,8,16H2,1-2H3. The predicted molar refractivity (Wildman–Crippen MR) is 76.2 cm³/mol. The van der Waals surface area contributed by atoms with Crippen molar-refractivity contribution in [2.45, 2.75) is 26.3 Å². The number of hydrazine groups is 1. The van der Waals surface area contributed by atoms with Crippen LogP contribution in [-0.2, 0) is 6.42 Å². The largest absolute Gasteiger partial charge is 0.271 e. The summed E-state index contributed by atoms with van der Waals surface area (Å²) in [6, 6.07) is 8.32. The van der Waals surface area contributed by atoms with E-state index in [2.05, 4.69) is 53.5 Å². The van der Waals surface area contributed by atoms with E-state index in [-0.39, 0.29) is 6.04 Å².